The Balaban J connectivity index is 2.68. The quantitative estimate of drug-likeness (QED) is 0.562. The molecule has 1 aromatic carbocycles. The van der Waals surface area contributed by atoms with Crippen LogP contribution in [0.3, 0.4) is 0 Å². The first-order chi connectivity index (χ1) is 4.72. The van der Waals surface area contributed by atoms with E-state index in [1.165, 1.54) is 5.56 Å². The van der Waals surface area contributed by atoms with Crippen LogP contribution in [-0.4, -0.2) is 19.0 Å². The second kappa shape index (κ2) is 2.93. The largest absolute Gasteiger partial charge is 0.305 e. The van der Waals surface area contributed by atoms with Crippen LogP contribution in [0.2, 0.25) is 0 Å². The molecule has 0 aromatic heterocycles. The van der Waals surface area contributed by atoms with Crippen LogP contribution >= 0.6 is 0 Å². The molecule has 56 valence electrons. The van der Waals surface area contributed by atoms with E-state index in [1.54, 1.807) is 0 Å². The van der Waals surface area contributed by atoms with E-state index in [1.807, 2.05) is 0 Å². The molecule has 0 saturated carbocycles. The molecule has 0 aliphatic rings. The van der Waals surface area contributed by atoms with Crippen LogP contribution in [0, 0.1) is 0 Å². The van der Waals surface area contributed by atoms with Crippen LogP contribution in [0.5, 0.6) is 0 Å². The molecule has 10 heavy (non-hydrogen) atoms. The molecule has 0 N–H and O–H groups in total. The van der Waals surface area contributed by atoms with Crippen molar-refractivity contribution in [3.05, 3.63) is 29.8 Å². The molecule has 0 amide bonds. The third-order valence-electron chi connectivity index (χ3n) is 1.95. The van der Waals surface area contributed by atoms with Crippen molar-refractivity contribution in [2.75, 3.05) is 14.1 Å². The summed E-state index contributed by atoms with van der Waals surface area (Å²) in [6, 6.07) is 9.01. The van der Waals surface area contributed by atoms with Crippen LogP contribution in [0.1, 0.15) is 18.5 Å². The van der Waals surface area contributed by atoms with Crippen molar-refractivity contribution in [3.8, 4) is 0 Å². The second-order valence-corrected chi connectivity index (χ2v) is 2.86. The molecule has 0 bridgehead atoms. The van der Waals surface area contributed by atoms with Crippen molar-refractivity contribution in [2.45, 2.75) is 13.0 Å². The van der Waals surface area contributed by atoms with E-state index in [4.69, 9.17) is 0 Å². The lowest BCUT2D eigenvalue weighted by atomic mass is 10.2. The first kappa shape index (κ1) is 7.42. The molecule has 1 atom stereocenters. The van der Waals surface area contributed by atoms with Gasteiger partial charge in [0.2, 0.25) is 0 Å². The number of rotatable bonds is 2. The van der Waals surface area contributed by atoms with Gasteiger partial charge in [-0.2, -0.15) is 17.7 Å². The summed E-state index contributed by atoms with van der Waals surface area (Å²) >= 11 is 0. The van der Waals surface area contributed by atoms with Crippen molar-refractivity contribution < 1.29 is 0 Å². The van der Waals surface area contributed by atoms with Gasteiger partial charge in [0.1, 0.15) is 0 Å². The lowest BCUT2D eigenvalue weighted by Gasteiger charge is -2.21. The van der Waals surface area contributed by atoms with Gasteiger partial charge in [-0.25, -0.2) is 12.1 Å². The smallest absolute Gasteiger partial charge is 0.00834 e. The van der Waals surface area contributed by atoms with Crippen LogP contribution < -0.4 is 0 Å². The highest BCUT2D eigenvalue weighted by Gasteiger charge is 2.00. The maximum absolute atomic E-state index is 2.20. The van der Waals surface area contributed by atoms with Gasteiger partial charge in [-0.1, -0.05) is 0 Å². The minimum atomic E-state index is 0.537. The van der Waals surface area contributed by atoms with Gasteiger partial charge in [-0.05, 0) is 21.0 Å². The predicted molar refractivity (Wildman–Crippen MR) is 44.1 cm³/mol. The van der Waals surface area contributed by atoms with Crippen molar-refractivity contribution in [1.82, 2.24) is 4.90 Å². The summed E-state index contributed by atoms with van der Waals surface area (Å²) in [5.74, 6) is 0. The molecule has 0 fully saturated rings. The third kappa shape index (κ3) is 1.42. The van der Waals surface area contributed by atoms with E-state index >= 15 is 0 Å². The molecule has 0 aliphatic carbocycles. The monoisotopic (exact) mass is 136 g/mol. The van der Waals surface area contributed by atoms with Crippen LogP contribution in [0.15, 0.2) is 24.3 Å². The molecule has 1 unspecified atom stereocenters. The Hall–Kier alpha value is -0.690. The Bertz CT molecular complexity index is 175. The second-order valence-electron chi connectivity index (χ2n) is 2.86. The molecule has 0 spiro atoms. The third-order valence-corrected chi connectivity index (χ3v) is 1.95. The minimum absolute atomic E-state index is 0.537. The molecule has 0 heterocycles. The van der Waals surface area contributed by atoms with Crippen molar-refractivity contribution in [3.63, 3.8) is 0 Å². The zero-order valence-electron chi connectivity index (χ0n) is 6.83. The molecule has 0 saturated heterocycles. The first-order valence-electron chi connectivity index (χ1n) is 3.60. The number of hydrogen-bond acceptors (Lipinski definition) is 1. The van der Waals surface area contributed by atoms with Gasteiger partial charge in [-0.3, -0.25) is 0 Å². The van der Waals surface area contributed by atoms with Gasteiger partial charge in [-0.15, -0.1) is 0 Å². The van der Waals surface area contributed by atoms with Gasteiger partial charge in [0.05, 0.1) is 0 Å². The topological polar surface area (TPSA) is 3.24 Å². The predicted octanol–water partition coefficient (Wildman–Crippen LogP) is 2.03. The summed E-state index contributed by atoms with van der Waals surface area (Å²) in [5.41, 5.74) is 1.39. The Morgan fingerprint density at radius 3 is 2.60 bits per heavy atom. The molecule has 1 aromatic rings. The van der Waals surface area contributed by atoms with E-state index in [0.29, 0.717) is 6.04 Å². The van der Waals surface area contributed by atoms with Crippen LogP contribution in [0.25, 0.3) is 0 Å². The van der Waals surface area contributed by atoms with E-state index in [0.717, 1.165) is 0 Å². The fraction of sp³-hybridized carbons (Fsp3) is 0.444. The van der Waals surface area contributed by atoms with Gasteiger partial charge in [0.15, 0.2) is 0 Å². The maximum Gasteiger partial charge on any atom is 0.00834 e. The Morgan fingerprint density at radius 1 is 1.50 bits per heavy atom. The van der Waals surface area contributed by atoms with E-state index in [2.05, 4.69) is 50.2 Å². The lowest BCUT2D eigenvalue weighted by Crippen LogP contribution is -2.15. The number of hydrogen-bond donors (Lipinski definition) is 0. The molecular weight excluding hydrogens is 122 g/mol. The fourth-order valence-corrected chi connectivity index (χ4v) is 0.966. The molecule has 1 nitrogen and oxygen atoms in total. The maximum atomic E-state index is 2.20. The highest BCUT2D eigenvalue weighted by atomic mass is 15.1. The van der Waals surface area contributed by atoms with Gasteiger partial charge in [0, 0.05) is 6.04 Å². The molecule has 0 aliphatic heterocycles. The molecule has 1 rings (SSSR count). The standard InChI is InChI=1S/C9H14N/c1-8(10(2)3)9-6-4-5-7-9/h4-8H,1-3H3/q-1. The van der Waals surface area contributed by atoms with Gasteiger partial charge < -0.3 is 4.90 Å². The average Bonchev–Trinajstić information content (AvgIpc) is 2.36. The Morgan fingerprint density at radius 2 is 2.20 bits per heavy atom. The van der Waals surface area contributed by atoms with Crippen molar-refractivity contribution >= 4 is 0 Å². The fourth-order valence-electron chi connectivity index (χ4n) is 0.966. The number of nitrogens with zero attached hydrogens (tertiary/aromatic N) is 1. The van der Waals surface area contributed by atoms with Crippen molar-refractivity contribution in [1.29, 1.82) is 0 Å². The van der Waals surface area contributed by atoms with Gasteiger partial charge in [0.25, 0.3) is 0 Å². The summed E-state index contributed by atoms with van der Waals surface area (Å²) in [5, 5.41) is 0. The zero-order valence-corrected chi connectivity index (χ0v) is 6.83. The Kier molecular flexibility index (Phi) is 2.17. The minimum Gasteiger partial charge on any atom is -0.305 e. The van der Waals surface area contributed by atoms with E-state index < -0.39 is 0 Å². The highest BCUT2D eigenvalue weighted by Crippen LogP contribution is 2.16. The molecule has 1 heteroatoms. The highest BCUT2D eigenvalue weighted by molar-refractivity contribution is 5.19. The van der Waals surface area contributed by atoms with Crippen LogP contribution in [-0.2, 0) is 0 Å². The molecular formula is C9H14N-. The average molecular weight is 136 g/mol. The summed E-state index contributed by atoms with van der Waals surface area (Å²) in [4.78, 5) is 2.20. The van der Waals surface area contributed by atoms with Crippen molar-refractivity contribution in [2.24, 2.45) is 0 Å². The van der Waals surface area contributed by atoms with E-state index in [-0.39, 0.29) is 0 Å². The molecule has 0 radical (unpaired) electrons. The normalized spacial score (nSPS) is 14.0. The SMILES string of the molecule is CC(c1ccc[cH-]1)N(C)C. The van der Waals surface area contributed by atoms with Gasteiger partial charge >= 0.3 is 0 Å². The summed E-state index contributed by atoms with van der Waals surface area (Å²) in [6.07, 6.45) is 0. The summed E-state index contributed by atoms with van der Waals surface area (Å²) in [6.45, 7) is 2.20. The first-order valence-corrected chi connectivity index (χ1v) is 3.60. The van der Waals surface area contributed by atoms with Crippen LogP contribution in [0.4, 0.5) is 0 Å². The lowest BCUT2D eigenvalue weighted by molar-refractivity contribution is 0.321. The van der Waals surface area contributed by atoms with E-state index in [9.17, 15) is 0 Å². The summed E-state index contributed by atoms with van der Waals surface area (Å²) < 4.78 is 0. The zero-order chi connectivity index (χ0) is 7.56. The summed E-state index contributed by atoms with van der Waals surface area (Å²) in [7, 11) is 4.19. The Labute approximate surface area is 62.6 Å².